The summed E-state index contributed by atoms with van der Waals surface area (Å²) >= 11 is 1.46. The molecule has 1 aromatic rings. The lowest BCUT2D eigenvalue weighted by Crippen LogP contribution is -2.47. The molecule has 1 N–H and O–H groups in total. The number of aliphatic hydroxyl groups is 1. The van der Waals surface area contributed by atoms with Gasteiger partial charge in [-0.3, -0.25) is 14.6 Å². The highest BCUT2D eigenvalue weighted by atomic mass is 32.1. The summed E-state index contributed by atoms with van der Waals surface area (Å²) < 4.78 is 0. The number of rotatable bonds is 6. The van der Waals surface area contributed by atoms with Crippen molar-refractivity contribution in [2.24, 2.45) is 0 Å². The molecular weight excluding hydrogens is 286 g/mol. The number of hydrogen-bond acceptors (Lipinski definition) is 5. The summed E-state index contributed by atoms with van der Waals surface area (Å²) in [7, 11) is 1.77. The predicted octanol–water partition coefficient (Wildman–Crippen LogP) is 2.12. The average molecular weight is 311 g/mol. The second-order valence-electron chi connectivity index (χ2n) is 5.84. The Balaban J connectivity index is 1.98. The lowest BCUT2D eigenvalue weighted by Gasteiger charge is -2.35. The molecule has 21 heavy (non-hydrogen) atoms. The van der Waals surface area contributed by atoms with Crippen LogP contribution in [0.5, 0.6) is 0 Å². The summed E-state index contributed by atoms with van der Waals surface area (Å²) in [6, 6.07) is 0.419. The fourth-order valence-electron chi connectivity index (χ4n) is 2.90. The molecule has 0 aliphatic heterocycles. The number of thiazole rings is 1. The van der Waals surface area contributed by atoms with Gasteiger partial charge in [0.15, 0.2) is 5.13 Å². The topological polar surface area (TPSA) is 56.7 Å². The van der Waals surface area contributed by atoms with Gasteiger partial charge in [-0.25, -0.2) is 4.98 Å². The largest absolute Gasteiger partial charge is 0.392 e. The third kappa shape index (κ3) is 4.76. The number of likely N-dealkylation sites (N-methyl/N-ethyl adjacent to an activating group) is 1. The third-order valence-electron chi connectivity index (χ3n) is 4.01. The standard InChI is InChI=1S/C15H25N3O2S/c1-12(19)10-18(13-6-4-3-5-7-13)11-14(20)17(2)15-16-8-9-21-15/h8-9,12-13,19H,3-7,10-11H2,1-2H3. The van der Waals surface area contributed by atoms with Gasteiger partial charge in [-0.1, -0.05) is 19.3 Å². The number of carbonyl (C=O) groups is 1. The van der Waals surface area contributed by atoms with Crippen LogP contribution in [0.4, 0.5) is 5.13 Å². The summed E-state index contributed by atoms with van der Waals surface area (Å²) in [5, 5.41) is 12.3. The first-order valence-electron chi connectivity index (χ1n) is 7.66. The molecule has 0 spiro atoms. The van der Waals surface area contributed by atoms with Gasteiger partial charge in [-0.2, -0.15) is 0 Å². The maximum atomic E-state index is 12.4. The Morgan fingerprint density at radius 2 is 2.19 bits per heavy atom. The maximum Gasteiger partial charge on any atom is 0.242 e. The van der Waals surface area contributed by atoms with E-state index in [1.54, 1.807) is 25.1 Å². The van der Waals surface area contributed by atoms with Crippen molar-refractivity contribution >= 4 is 22.4 Å². The van der Waals surface area contributed by atoms with Gasteiger partial charge in [0.25, 0.3) is 0 Å². The number of aromatic nitrogens is 1. The fraction of sp³-hybridized carbons (Fsp3) is 0.733. The highest BCUT2D eigenvalue weighted by Crippen LogP contribution is 2.23. The van der Waals surface area contributed by atoms with E-state index < -0.39 is 6.10 Å². The van der Waals surface area contributed by atoms with Crippen molar-refractivity contribution in [1.29, 1.82) is 0 Å². The highest BCUT2D eigenvalue weighted by Gasteiger charge is 2.25. The number of nitrogens with zero attached hydrogens (tertiary/aromatic N) is 3. The van der Waals surface area contributed by atoms with Crippen molar-refractivity contribution in [3.05, 3.63) is 11.6 Å². The molecule has 0 aromatic carbocycles. The number of carbonyl (C=O) groups excluding carboxylic acids is 1. The molecule has 1 aromatic heterocycles. The van der Waals surface area contributed by atoms with Crippen molar-refractivity contribution in [3.8, 4) is 0 Å². The van der Waals surface area contributed by atoms with Crippen LogP contribution in [-0.4, -0.2) is 53.2 Å². The van der Waals surface area contributed by atoms with Crippen LogP contribution in [0.25, 0.3) is 0 Å². The minimum absolute atomic E-state index is 0.0381. The average Bonchev–Trinajstić information content (AvgIpc) is 3.00. The molecule has 2 rings (SSSR count). The van der Waals surface area contributed by atoms with Gasteiger partial charge >= 0.3 is 0 Å². The van der Waals surface area contributed by atoms with E-state index in [0.29, 0.717) is 19.1 Å². The molecule has 0 bridgehead atoms. The minimum atomic E-state index is -0.412. The summed E-state index contributed by atoms with van der Waals surface area (Å²) in [5.41, 5.74) is 0. The van der Waals surface area contributed by atoms with E-state index in [9.17, 15) is 9.90 Å². The van der Waals surface area contributed by atoms with Crippen LogP contribution in [0.15, 0.2) is 11.6 Å². The second kappa shape index (κ2) is 7.87. The minimum Gasteiger partial charge on any atom is -0.392 e. The Morgan fingerprint density at radius 3 is 2.76 bits per heavy atom. The van der Waals surface area contributed by atoms with Crippen LogP contribution in [0, 0.1) is 0 Å². The van der Waals surface area contributed by atoms with Gasteiger partial charge in [0, 0.05) is 31.2 Å². The van der Waals surface area contributed by atoms with Crippen LogP contribution in [-0.2, 0) is 4.79 Å². The first-order valence-corrected chi connectivity index (χ1v) is 8.54. The molecular formula is C15H25N3O2S. The quantitative estimate of drug-likeness (QED) is 0.874. The number of amides is 1. The van der Waals surface area contributed by atoms with E-state index in [4.69, 9.17) is 0 Å². The maximum absolute atomic E-state index is 12.4. The molecule has 6 heteroatoms. The van der Waals surface area contributed by atoms with E-state index in [0.717, 1.165) is 18.0 Å². The molecule has 1 fully saturated rings. The molecule has 1 amide bonds. The van der Waals surface area contributed by atoms with Crippen LogP contribution < -0.4 is 4.90 Å². The van der Waals surface area contributed by atoms with Gasteiger partial charge in [-0.15, -0.1) is 11.3 Å². The molecule has 1 aliphatic carbocycles. The lowest BCUT2D eigenvalue weighted by atomic mass is 9.94. The van der Waals surface area contributed by atoms with Gasteiger partial charge in [0.2, 0.25) is 5.91 Å². The second-order valence-corrected chi connectivity index (χ2v) is 6.71. The predicted molar refractivity (Wildman–Crippen MR) is 85.7 cm³/mol. The van der Waals surface area contributed by atoms with Crippen LogP contribution in [0.2, 0.25) is 0 Å². The number of anilines is 1. The summed E-state index contributed by atoms with van der Waals surface area (Å²) in [4.78, 5) is 20.4. The zero-order valence-corrected chi connectivity index (χ0v) is 13.7. The number of aliphatic hydroxyl groups excluding tert-OH is 1. The van der Waals surface area contributed by atoms with Crippen molar-refractivity contribution in [2.45, 2.75) is 51.2 Å². The Kier molecular flexibility index (Phi) is 6.14. The van der Waals surface area contributed by atoms with Crippen LogP contribution in [0.1, 0.15) is 39.0 Å². The lowest BCUT2D eigenvalue weighted by molar-refractivity contribution is -0.120. The van der Waals surface area contributed by atoms with Crippen molar-refractivity contribution in [3.63, 3.8) is 0 Å². The van der Waals surface area contributed by atoms with Crippen molar-refractivity contribution in [2.75, 3.05) is 25.0 Å². The summed E-state index contributed by atoms with van der Waals surface area (Å²) in [5.74, 6) is 0.0381. The number of hydrogen-bond donors (Lipinski definition) is 1. The SMILES string of the molecule is CC(O)CN(CC(=O)N(C)c1nccs1)C1CCCCC1. The monoisotopic (exact) mass is 311 g/mol. The molecule has 1 saturated carbocycles. The normalized spacial score (nSPS) is 17.9. The zero-order valence-electron chi connectivity index (χ0n) is 12.9. The Morgan fingerprint density at radius 1 is 1.48 bits per heavy atom. The van der Waals surface area contributed by atoms with Crippen molar-refractivity contribution < 1.29 is 9.90 Å². The molecule has 1 atom stereocenters. The van der Waals surface area contributed by atoms with E-state index in [1.165, 1.54) is 30.6 Å². The fourth-order valence-corrected chi connectivity index (χ4v) is 3.52. The molecule has 1 unspecified atom stereocenters. The van der Waals surface area contributed by atoms with Crippen LogP contribution in [0.3, 0.4) is 0 Å². The van der Waals surface area contributed by atoms with Gasteiger partial charge in [0.05, 0.1) is 12.6 Å². The van der Waals surface area contributed by atoms with E-state index in [1.807, 2.05) is 5.38 Å². The summed E-state index contributed by atoms with van der Waals surface area (Å²) in [6.45, 7) is 2.69. The summed E-state index contributed by atoms with van der Waals surface area (Å²) in [6.07, 6.45) is 7.27. The molecule has 118 valence electrons. The molecule has 5 nitrogen and oxygen atoms in total. The Bertz CT molecular complexity index is 430. The van der Waals surface area contributed by atoms with Gasteiger partial charge < -0.3 is 5.11 Å². The molecule has 0 saturated heterocycles. The third-order valence-corrected chi connectivity index (χ3v) is 4.86. The molecule has 1 aliphatic rings. The van der Waals surface area contributed by atoms with Gasteiger partial charge in [-0.05, 0) is 19.8 Å². The smallest absolute Gasteiger partial charge is 0.242 e. The first kappa shape index (κ1) is 16.4. The van der Waals surface area contributed by atoms with Crippen LogP contribution >= 0.6 is 11.3 Å². The van der Waals surface area contributed by atoms with E-state index in [2.05, 4.69) is 9.88 Å². The molecule has 0 radical (unpaired) electrons. The Labute approximate surface area is 130 Å². The molecule has 1 heterocycles. The van der Waals surface area contributed by atoms with E-state index in [-0.39, 0.29) is 5.91 Å². The zero-order chi connectivity index (χ0) is 15.2. The Hall–Kier alpha value is -0.980. The van der Waals surface area contributed by atoms with E-state index >= 15 is 0 Å². The van der Waals surface area contributed by atoms with Gasteiger partial charge in [0.1, 0.15) is 0 Å². The van der Waals surface area contributed by atoms with Crippen molar-refractivity contribution in [1.82, 2.24) is 9.88 Å². The first-order chi connectivity index (χ1) is 10.1. The highest BCUT2D eigenvalue weighted by molar-refractivity contribution is 7.13.